The highest BCUT2D eigenvalue weighted by Gasteiger charge is 2.25. The van der Waals surface area contributed by atoms with Gasteiger partial charge in [0.05, 0.1) is 23.3 Å². The molecule has 0 amide bonds. The Morgan fingerprint density at radius 3 is 2.15 bits per heavy atom. The molecular formula is C21H23Cl3O2. The Hall–Kier alpha value is -1.09. The minimum atomic E-state index is -0.279. The number of hydrogen-bond acceptors (Lipinski definition) is 2. The second-order valence-electron chi connectivity index (χ2n) is 6.41. The fourth-order valence-corrected chi connectivity index (χ4v) is 3.28. The van der Waals surface area contributed by atoms with Gasteiger partial charge in [-0.3, -0.25) is 0 Å². The van der Waals surface area contributed by atoms with Gasteiger partial charge in [-0.15, -0.1) is 11.6 Å². The molecule has 26 heavy (non-hydrogen) atoms. The van der Waals surface area contributed by atoms with Crippen molar-refractivity contribution in [1.82, 2.24) is 0 Å². The van der Waals surface area contributed by atoms with Gasteiger partial charge in [0.25, 0.3) is 0 Å². The van der Waals surface area contributed by atoms with Crippen LogP contribution >= 0.6 is 34.8 Å². The highest BCUT2D eigenvalue weighted by molar-refractivity contribution is 6.37. The molecule has 0 saturated heterocycles. The Kier molecular flexibility index (Phi) is 7.94. The lowest BCUT2D eigenvalue weighted by atomic mass is 9.78. The van der Waals surface area contributed by atoms with Crippen LogP contribution < -0.4 is 9.47 Å². The normalized spacial score (nSPS) is 11.5. The Morgan fingerprint density at radius 2 is 1.62 bits per heavy atom. The first kappa shape index (κ1) is 21.2. The van der Waals surface area contributed by atoms with Crippen LogP contribution in [0.15, 0.2) is 36.4 Å². The van der Waals surface area contributed by atoms with Crippen LogP contribution in [0.2, 0.25) is 10.0 Å². The van der Waals surface area contributed by atoms with Crippen molar-refractivity contribution in [3.8, 4) is 11.5 Å². The van der Waals surface area contributed by atoms with Crippen LogP contribution in [0.5, 0.6) is 11.5 Å². The van der Waals surface area contributed by atoms with Crippen molar-refractivity contribution < 1.29 is 9.47 Å². The standard InChI is InChI=1S/C21H23Cl3O2/c1-4-11-25-17-8-6-15(7-9-17)21(2,3)16-13-18(23)20(19(24)14-16)26-12-5-10-22/h4,6-9,13-14H,1,5,10-12H2,2-3H3. The minimum Gasteiger partial charge on any atom is -0.493 e. The lowest BCUT2D eigenvalue weighted by Crippen LogP contribution is -2.19. The summed E-state index contributed by atoms with van der Waals surface area (Å²) in [5, 5.41) is 1.00. The Balaban J connectivity index is 2.25. The first-order chi connectivity index (χ1) is 12.4. The zero-order valence-corrected chi connectivity index (χ0v) is 17.3. The van der Waals surface area contributed by atoms with Crippen LogP contribution in [0.4, 0.5) is 0 Å². The zero-order valence-electron chi connectivity index (χ0n) is 15.0. The number of rotatable bonds is 9. The molecular weight excluding hydrogens is 391 g/mol. The molecule has 2 rings (SSSR count). The first-order valence-corrected chi connectivity index (χ1v) is 9.71. The largest absolute Gasteiger partial charge is 0.493 e. The van der Waals surface area contributed by atoms with Gasteiger partial charge >= 0.3 is 0 Å². The monoisotopic (exact) mass is 412 g/mol. The zero-order chi connectivity index (χ0) is 19.2. The second-order valence-corrected chi connectivity index (χ2v) is 7.60. The third-order valence-corrected chi connectivity index (χ3v) is 5.02. The van der Waals surface area contributed by atoms with E-state index in [0.29, 0.717) is 34.9 Å². The summed E-state index contributed by atoms with van der Waals surface area (Å²) in [7, 11) is 0. The SMILES string of the molecule is [CH2][CH]COc1ccc(C(C)(C)c2cc(Cl)c(OCCCCl)c(Cl)c2)cc1. The van der Waals surface area contributed by atoms with Crippen molar-refractivity contribution in [3.63, 3.8) is 0 Å². The molecule has 2 aromatic carbocycles. The van der Waals surface area contributed by atoms with Crippen LogP contribution in [0.25, 0.3) is 0 Å². The molecule has 0 unspecified atom stereocenters. The molecule has 5 heteroatoms. The Bertz CT molecular complexity index is 689. The molecule has 140 valence electrons. The average Bonchev–Trinajstić information content (AvgIpc) is 2.62. The summed E-state index contributed by atoms with van der Waals surface area (Å²) in [6.45, 7) is 8.88. The van der Waals surface area contributed by atoms with Crippen LogP contribution in [0.3, 0.4) is 0 Å². The summed E-state index contributed by atoms with van der Waals surface area (Å²) in [5.41, 5.74) is 1.86. The first-order valence-electron chi connectivity index (χ1n) is 8.42. The van der Waals surface area contributed by atoms with Crippen molar-refractivity contribution in [2.75, 3.05) is 19.1 Å². The van der Waals surface area contributed by atoms with Crippen molar-refractivity contribution in [2.24, 2.45) is 0 Å². The van der Waals surface area contributed by atoms with Crippen molar-refractivity contribution in [3.05, 3.63) is 70.9 Å². The molecule has 0 aromatic heterocycles. The molecule has 0 spiro atoms. The molecule has 0 fully saturated rings. The summed E-state index contributed by atoms with van der Waals surface area (Å²) >= 11 is 18.5. The van der Waals surface area contributed by atoms with E-state index in [1.807, 2.05) is 36.4 Å². The van der Waals surface area contributed by atoms with Gasteiger partial charge in [-0.1, -0.05) is 49.2 Å². The molecule has 0 aliphatic carbocycles. The van der Waals surface area contributed by atoms with E-state index in [0.717, 1.165) is 23.3 Å². The Morgan fingerprint density at radius 1 is 1.00 bits per heavy atom. The smallest absolute Gasteiger partial charge is 0.156 e. The summed E-state index contributed by atoms with van der Waals surface area (Å²) in [6, 6.07) is 11.8. The van der Waals surface area contributed by atoms with Gasteiger partial charge in [0, 0.05) is 11.3 Å². The van der Waals surface area contributed by atoms with Crippen LogP contribution in [0.1, 0.15) is 31.4 Å². The van der Waals surface area contributed by atoms with Crippen LogP contribution in [0, 0.1) is 13.3 Å². The summed E-state index contributed by atoms with van der Waals surface area (Å²) < 4.78 is 11.2. The van der Waals surface area contributed by atoms with E-state index in [9.17, 15) is 0 Å². The minimum absolute atomic E-state index is 0.279. The molecule has 0 N–H and O–H groups in total. The third-order valence-electron chi connectivity index (χ3n) is 4.19. The van der Waals surface area contributed by atoms with E-state index in [1.54, 1.807) is 6.42 Å². The lowest BCUT2D eigenvalue weighted by molar-refractivity contribution is 0.318. The number of ether oxygens (including phenoxy) is 2. The van der Waals surface area contributed by atoms with Gasteiger partial charge in [0.1, 0.15) is 5.75 Å². The number of hydrogen-bond donors (Lipinski definition) is 0. The van der Waals surface area contributed by atoms with E-state index in [2.05, 4.69) is 20.8 Å². The van der Waals surface area contributed by atoms with E-state index < -0.39 is 0 Å². The molecule has 0 aliphatic heterocycles. The molecule has 0 heterocycles. The molecule has 2 aromatic rings. The highest BCUT2D eigenvalue weighted by Crippen LogP contribution is 2.40. The fourth-order valence-electron chi connectivity index (χ4n) is 2.58. The van der Waals surface area contributed by atoms with E-state index in [-0.39, 0.29) is 5.41 Å². The van der Waals surface area contributed by atoms with E-state index >= 15 is 0 Å². The van der Waals surface area contributed by atoms with Gasteiger partial charge in [-0.2, -0.15) is 0 Å². The molecule has 0 aliphatic rings. The summed E-state index contributed by atoms with van der Waals surface area (Å²) in [6.07, 6.45) is 2.46. The number of halogens is 3. The van der Waals surface area contributed by atoms with Gasteiger partial charge in [0.15, 0.2) is 5.75 Å². The average molecular weight is 414 g/mol. The second kappa shape index (κ2) is 9.73. The maximum atomic E-state index is 6.42. The van der Waals surface area contributed by atoms with Crippen LogP contribution in [-0.2, 0) is 5.41 Å². The van der Waals surface area contributed by atoms with E-state index in [1.165, 1.54) is 0 Å². The van der Waals surface area contributed by atoms with E-state index in [4.69, 9.17) is 44.3 Å². The predicted octanol–water partition coefficient (Wildman–Crippen LogP) is 6.74. The van der Waals surface area contributed by atoms with Gasteiger partial charge in [-0.25, -0.2) is 0 Å². The maximum Gasteiger partial charge on any atom is 0.156 e. The van der Waals surface area contributed by atoms with Gasteiger partial charge in [0.2, 0.25) is 0 Å². The third kappa shape index (κ3) is 5.22. The number of benzene rings is 2. The van der Waals surface area contributed by atoms with Crippen molar-refractivity contribution >= 4 is 34.8 Å². The van der Waals surface area contributed by atoms with Crippen LogP contribution in [-0.4, -0.2) is 19.1 Å². The summed E-state index contributed by atoms with van der Waals surface area (Å²) in [4.78, 5) is 0. The van der Waals surface area contributed by atoms with Gasteiger partial charge < -0.3 is 9.47 Å². The van der Waals surface area contributed by atoms with Crippen molar-refractivity contribution in [1.29, 1.82) is 0 Å². The quantitative estimate of drug-likeness (QED) is 0.334. The highest BCUT2D eigenvalue weighted by atomic mass is 35.5. The molecule has 0 bridgehead atoms. The molecule has 2 nitrogen and oxygen atoms in total. The molecule has 0 atom stereocenters. The molecule has 2 radical (unpaired) electrons. The maximum absolute atomic E-state index is 6.42. The van der Waals surface area contributed by atoms with Gasteiger partial charge in [-0.05, 0) is 55.2 Å². The predicted molar refractivity (Wildman–Crippen MR) is 111 cm³/mol. The number of alkyl halides is 1. The Labute approximate surface area is 171 Å². The molecule has 0 saturated carbocycles. The van der Waals surface area contributed by atoms with Crippen molar-refractivity contribution in [2.45, 2.75) is 25.7 Å². The summed E-state index contributed by atoms with van der Waals surface area (Å²) in [5.74, 6) is 1.85. The topological polar surface area (TPSA) is 18.5 Å². The fraction of sp³-hybridized carbons (Fsp3) is 0.333. The lowest BCUT2D eigenvalue weighted by Gasteiger charge is -2.27.